The number of carbonyl (C=O) groups excluding carboxylic acids is 1. The summed E-state index contributed by atoms with van der Waals surface area (Å²) in [5, 5.41) is 5.87. The van der Waals surface area contributed by atoms with Gasteiger partial charge in [0.15, 0.2) is 0 Å². The number of benzene rings is 3. The molecule has 1 aliphatic heterocycles. The zero-order valence-electron chi connectivity index (χ0n) is 15.9. The van der Waals surface area contributed by atoms with E-state index in [0.29, 0.717) is 0 Å². The summed E-state index contributed by atoms with van der Waals surface area (Å²) in [6.45, 7) is 1.59. The molecule has 1 aliphatic rings. The summed E-state index contributed by atoms with van der Waals surface area (Å²) < 4.78 is 0. The summed E-state index contributed by atoms with van der Waals surface area (Å²) in [6.07, 6.45) is 0.841. The van der Waals surface area contributed by atoms with Gasteiger partial charge in [-0.2, -0.15) is 0 Å². The van der Waals surface area contributed by atoms with Gasteiger partial charge in [-0.1, -0.05) is 42.5 Å². The van der Waals surface area contributed by atoms with Crippen LogP contribution in [0.2, 0.25) is 0 Å². The first-order chi connectivity index (χ1) is 14.3. The van der Waals surface area contributed by atoms with Crippen LogP contribution in [-0.4, -0.2) is 22.5 Å². The van der Waals surface area contributed by atoms with E-state index in [-0.39, 0.29) is 6.03 Å². The first kappa shape index (κ1) is 17.3. The molecular formula is C23H21N5O. The van der Waals surface area contributed by atoms with Crippen LogP contribution < -0.4 is 15.5 Å². The summed E-state index contributed by atoms with van der Waals surface area (Å²) in [7, 11) is 0. The van der Waals surface area contributed by atoms with Gasteiger partial charge in [0.25, 0.3) is 0 Å². The smallest absolute Gasteiger partial charge is 0.323 e. The van der Waals surface area contributed by atoms with E-state index in [4.69, 9.17) is 4.98 Å². The molecule has 0 fully saturated rings. The highest BCUT2D eigenvalue weighted by molar-refractivity contribution is 6.00. The average Bonchev–Trinajstić information content (AvgIpc) is 3.19. The number of para-hydroxylation sites is 3. The number of fused-ring (bicyclic) bond motifs is 2. The fraction of sp³-hybridized carbons (Fsp3) is 0.130. The summed E-state index contributed by atoms with van der Waals surface area (Å²) in [5.74, 6) is 0.886. The van der Waals surface area contributed by atoms with Gasteiger partial charge in [0.1, 0.15) is 0 Å². The van der Waals surface area contributed by atoms with Crippen LogP contribution in [0.25, 0.3) is 11.0 Å². The Hall–Kier alpha value is -3.80. The van der Waals surface area contributed by atoms with Crippen molar-refractivity contribution in [3.05, 3.63) is 83.9 Å². The molecule has 0 unspecified atom stereocenters. The summed E-state index contributed by atoms with van der Waals surface area (Å²) in [4.78, 5) is 22.8. The van der Waals surface area contributed by atoms with Crippen LogP contribution in [0.5, 0.6) is 0 Å². The highest BCUT2D eigenvalue weighted by atomic mass is 16.2. The molecule has 0 radical (unpaired) electrons. The monoisotopic (exact) mass is 383 g/mol. The Bertz CT molecular complexity index is 1140. The SMILES string of the molecule is O=C(Nc1ccccc1)Nc1cccc2c1CCN(c1nc3ccccc3[nH]1)C2. The minimum Gasteiger partial charge on any atom is -0.338 e. The number of aromatic nitrogens is 2. The van der Waals surface area contributed by atoms with Gasteiger partial charge in [-0.3, -0.25) is 0 Å². The molecular weight excluding hydrogens is 362 g/mol. The van der Waals surface area contributed by atoms with E-state index in [9.17, 15) is 4.79 Å². The van der Waals surface area contributed by atoms with Gasteiger partial charge in [-0.25, -0.2) is 9.78 Å². The van der Waals surface area contributed by atoms with Crippen molar-refractivity contribution in [3.63, 3.8) is 0 Å². The van der Waals surface area contributed by atoms with Gasteiger partial charge in [-0.15, -0.1) is 0 Å². The maximum absolute atomic E-state index is 12.4. The molecule has 0 saturated carbocycles. The Morgan fingerprint density at radius 1 is 0.931 bits per heavy atom. The molecule has 144 valence electrons. The minimum atomic E-state index is -0.232. The molecule has 3 N–H and O–H groups in total. The zero-order chi connectivity index (χ0) is 19.6. The quantitative estimate of drug-likeness (QED) is 0.477. The number of hydrogen-bond donors (Lipinski definition) is 3. The Morgan fingerprint density at radius 2 is 1.76 bits per heavy atom. The standard InChI is InChI=1S/C23H21N5O/c29-23(24-17-8-2-1-3-9-17)27-19-12-6-7-16-15-28(14-13-18(16)19)22-25-20-10-4-5-11-21(20)26-22/h1-12H,13-15H2,(H,25,26)(H2,24,27,29). The number of urea groups is 1. The molecule has 2 heterocycles. The van der Waals surface area contributed by atoms with Crippen molar-refractivity contribution in [1.29, 1.82) is 0 Å². The van der Waals surface area contributed by atoms with Gasteiger partial charge < -0.3 is 20.5 Å². The zero-order valence-corrected chi connectivity index (χ0v) is 15.9. The lowest BCUT2D eigenvalue weighted by atomic mass is 9.98. The number of aromatic amines is 1. The van der Waals surface area contributed by atoms with Gasteiger partial charge >= 0.3 is 6.03 Å². The molecule has 0 saturated heterocycles. The lowest BCUT2D eigenvalue weighted by molar-refractivity contribution is 0.262. The molecule has 29 heavy (non-hydrogen) atoms. The van der Waals surface area contributed by atoms with Gasteiger partial charge in [0.05, 0.1) is 11.0 Å². The fourth-order valence-electron chi connectivity index (χ4n) is 3.80. The molecule has 1 aromatic heterocycles. The third-order valence-corrected chi connectivity index (χ3v) is 5.22. The molecule has 2 amide bonds. The van der Waals surface area contributed by atoms with Crippen LogP contribution in [0.1, 0.15) is 11.1 Å². The second kappa shape index (κ2) is 7.31. The van der Waals surface area contributed by atoms with Crippen LogP contribution in [0, 0.1) is 0 Å². The van der Waals surface area contributed by atoms with Gasteiger partial charge in [-0.05, 0) is 47.9 Å². The summed E-state index contributed by atoms with van der Waals surface area (Å²) in [5.41, 5.74) is 6.03. The second-order valence-electron chi connectivity index (χ2n) is 7.14. The van der Waals surface area contributed by atoms with Crippen molar-refractivity contribution in [2.75, 3.05) is 22.1 Å². The highest BCUT2D eigenvalue weighted by Crippen LogP contribution is 2.29. The van der Waals surface area contributed by atoms with E-state index in [1.165, 1.54) is 11.1 Å². The van der Waals surface area contributed by atoms with E-state index in [2.05, 4.69) is 26.6 Å². The van der Waals surface area contributed by atoms with Crippen molar-refractivity contribution in [2.45, 2.75) is 13.0 Å². The number of nitrogens with zero attached hydrogens (tertiary/aromatic N) is 2. The Morgan fingerprint density at radius 3 is 2.62 bits per heavy atom. The summed E-state index contributed by atoms with van der Waals surface area (Å²) >= 11 is 0. The number of H-pyrrole nitrogens is 1. The van der Waals surface area contributed by atoms with Crippen molar-refractivity contribution in [2.24, 2.45) is 0 Å². The minimum absolute atomic E-state index is 0.232. The maximum atomic E-state index is 12.4. The summed E-state index contributed by atoms with van der Waals surface area (Å²) in [6, 6.07) is 23.3. The molecule has 0 spiro atoms. The topological polar surface area (TPSA) is 73.1 Å². The molecule has 0 atom stereocenters. The number of hydrogen-bond acceptors (Lipinski definition) is 3. The predicted molar refractivity (Wildman–Crippen MR) is 116 cm³/mol. The van der Waals surface area contributed by atoms with Crippen molar-refractivity contribution in [3.8, 4) is 0 Å². The van der Waals surface area contributed by atoms with E-state index < -0.39 is 0 Å². The third-order valence-electron chi connectivity index (χ3n) is 5.22. The normalized spacial score (nSPS) is 13.2. The van der Waals surface area contributed by atoms with Crippen LogP contribution in [0.4, 0.5) is 22.1 Å². The van der Waals surface area contributed by atoms with Gasteiger partial charge in [0, 0.05) is 24.5 Å². The molecule has 6 heteroatoms. The third kappa shape index (κ3) is 3.52. The molecule has 0 aliphatic carbocycles. The Labute approximate surface area is 168 Å². The van der Waals surface area contributed by atoms with Crippen LogP contribution in [-0.2, 0) is 13.0 Å². The maximum Gasteiger partial charge on any atom is 0.323 e. The molecule has 6 nitrogen and oxygen atoms in total. The first-order valence-electron chi connectivity index (χ1n) is 9.70. The van der Waals surface area contributed by atoms with Crippen molar-refractivity contribution in [1.82, 2.24) is 9.97 Å². The second-order valence-corrected chi connectivity index (χ2v) is 7.14. The van der Waals surface area contributed by atoms with Crippen molar-refractivity contribution >= 4 is 34.4 Å². The number of amides is 2. The number of carbonyl (C=O) groups is 1. The molecule has 4 aromatic rings. The Kier molecular flexibility index (Phi) is 4.37. The number of anilines is 3. The first-order valence-corrected chi connectivity index (χ1v) is 9.70. The number of imidazole rings is 1. The predicted octanol–water partition coefficient (Wildman–Crippen LogP) is 4.77. The lowest BCUT2D eigenvalue weighted by Gasteiger charge is -2.29. The van der Waals surface area contributed by atoms with Crippen LogP contribution in [0.3, 0.4) is 0 Å². The fourth-order valence-corrected chi connectivity index (χ4v) is 3.80. The van der Waals surface area contributed by atoms with Gasteiger partial charge in [0.2, 0.25) is 5.95 Å². The Balaban J connectivity index is 1.34. The van der Waals surface area contributed by atoms with E-state index in [0.717, 1.165) is 47.9 Å². The van der Waals surface area contributed by atoms with E-state index in [1.54, 1.807) is 0 Å². The average molecular weight is 383 g/mol. The van der Waals surface area contributed by atoms with Crippen LogP contribution in [0.15, 0.2) is 72.8 Å². The molecule has 3 aromatic carbocycles. The van der Waals surface area contributed by atoms with Crippen LogP contribution >= 0.6 is 0 Å². The lowest BCUT2D eigenvalue weighted by Crippen LogP contribution is -2.32. The molecule has 0 bridgehead atoms. The number of rotatable bonds is 3. The highest BCUT2D eigenvalue weighted by Gasteiger charge is 2.21. The van der Waals surface area contributed by atoms with E-state index in [1.807, 2.05) is 66.7 Å². The largest absolute Gasteiger partial charge is 0.338 e. The number of nitrogens with one attached hydrogen (secondary N) is 3. The van der Waals surface area contributed by atoms with E-state index >= 15 is 0 Å². The molecule has 5 rings (SSSR count). The van der Waals surface area contributed by atoms with Crippen molar-refractivity contribution < 1.29 is 4.79 Å².